The summed E-state index contributed by atoms with van der Waals surface area (Å²) in [5.74, 6) is -0.246. The van der Waals surface area contributed by atoms with Crippen molar-refractivity contribution in [3.05, 3.63) is 58.1 Å². The topological polar surface area (TPSA) is 89.2 Å². The second-order valence-corrected chi connectivity index (χ2v) is 6.82. The molecule has 0 aromatic heterocycles. The number of ether oxygens (including phenoxy) is 1. The first kappa shape index (κ1) is 19.6. The number of nitro groups is 1. The lowest BCUT2D eigenvalue weighted by Gasteiger charge is -2.31. The van der Waals surface area contributed by atoms with Gasteiger partial charge in [0.2, 0.25) is 0 Å². The fourth-order valence-corrected chi connectivity index (χ4v) is 3.18. The normalized spacial score (nSPS) is 14.6. The smallest absolute Gasteiger partial charge is 0.311 e. The Hall–Kier alpha value is -3.13. The van der Waals surface area contributed by atoms with E-state index >= 15 is 0 Å². The number of hydrogen-bond donors (Lipinski definition) is 2. The lowest BCUT2D eigenvalue weighted by atomic mass is 10.1. The summed E-state index contributed by atoms with van der Waals surface area (Å²) in [4.78, 5) is 27.0. The number of quaternary nitrogens is 1. The summed E-state index contributed by atoms with van der Waals surface area (Å²) in [5, 5.41) is 14.0. The maximum Gasteiger partial charge on any atom is 0.311 e. The third-order valence-electron chi connectivity index (χ3n) is 4.82. The first-order chi connectivity index (χ1) is 13.5. The molecule has 2 aromatic rings. The average Bonchev–Trinajstić information content (AvgIpc) is 2.69. The number of piperazine rings is 1. The maximum absolute atomic E-state index is 12.5. The minimum absolute atomic E-state index is 0.155. The predicted molar refractivity (Wildman–Crippen MR) is 107 cm³/mol. The fraction of sp³-hybridized carbons (Fsp3) is 0.350. The highest BCUT2D eigenvalue weighted by molar-refractivity contribution is 6.04. The second kappa shape index (κ2) is 8.71. The third-order valence-corrected chi connectivity index (χ3v) is 4.82. The number of benzene rings is 2. The first-order valence-electron chi connectivity index (χ1n) is 9.37. The molecule has 148 valence electrons. The summed E-state index contributed by atoms with van der Waals surface area (Å²) in [6.45, 7) is 6.29. The minimum atomic E-state index is -0.547. The zero-order valence-corrected chi connectivity index (χ0v) is 16.1. The molecule has 2 N–H and O–H groups in total. The van der Waals surface area contributed by atoms with Gasteiger partial charge in [0, 0.05) is 23.0 Å². The largest absolute Gasteiger partial charge is 0.487 e. The van der Waals surface area contributed by atoms with Gasteiger partial charge >= 0.3 is 5.69 Å². The molecule has 1 heterocycles. The van der Waals surface area contributed by atoms with Crippen molar-refractivity contribution < 1.29 is 19.4 Å². The number of hydrogen-bond acceptors (Lipinski definition) is 5. The van der Waals surface area contributed by atoms with Crippen LogP contribution in [0.2, 0.25) is 0 Å². The molecule has 28 heavy (non-hydrogen) atoms. The van der Waals surface area contributed by atoms with Crippen molar-refractivity contribution >= 4 is 23.0 Å². The van der Waals surface area contributed by atoms with E-state index in [4.69, 9.17) is 4.74 Å². The molecule has 1 saturated heterocycles. The van der Waals surface area contributed by atoms with Gasteiger partial charge < -0.3 is 19.9 Å². The van der Waals surface area contributed by atoms with Crippen LogP contribution in [0.4, 0.5) is 17.1 Å². The highest BCUT2D eigenvalue weighted by Gasteiger charge is 2.19. The van der Waals surface area contributed by atoms with Gasteiger partial charge in [-0.1, -0.05) is 0 Å². The minimum Gasteiger partial charge on any atom is -0.487 e. The lowest BCUT2D eigenvalue weighted by Crippen LogP contribution is -3.12. The van der Waals surface area contributed by atoms with E-state index in [2.05, 4.69) is 17.3 Å². The Balaban J connectivity index is 1.69. The Kier molecular flexibility index (Phi) is 6.10. The number of carbonyl (C=O) groups excluding carboxylic acids is 1. The van der Waals surface area contributed by atoms with Gasteiger partial charge in [0.05, 0.1) is 44.8 Å². The predicted octanol–water partition coefficient (Wildman–Crippen LogP) is 1.58. The molecular weight excluding hydrogens is 360 g/mol. The number of nitrogens with one attached hydrogen (secondary N) is 2. The van der Waals surface area contributed by atoms with Crippen LogP contribution in [0.15, 0.2) is 42.5 Å². The Bertz CT molecular complexity index is 846. The lowest BCUT2D eigenvalue weighted by molar-refractivity contribution is -0.880. The van der Waals surface area contributed by atoms with Crippen LogP contribution in [0, 0.1) is 10.1 Å². The van der Waals surface area contributed by atoms with E-state index < -0.39 is 10.8 Å². The van der Waals surface area contributed by atoms with Crippen LogP contribution in [-0.4, -0.2) is 50.7 Å². The molecule has 1 fully saturated rings. The number of nitro benzene ring substituents is 1. The van der Waals surface area contributed by atoms with Gasteiger partial charge in [0.15, 0.2) is 5.75 Å². The first-order valence-corrected chi connectivity index (χ1v) is 9.37. The van der Waals surface area contributed by atoms with Crippen molar-refractivity contribution in [2.75, 3.05) is 50.1 Å². The van der Waals surface area contributed by atoms with Crippen molar-refractivity contribution in [1.82, 2.24) is 0 Å². The summed E-state index contributed by atoms with van der Waals surface area (Å²) in [7, 11) is 2.20. The van der Waals surface area contributed by atoms with Crippen LogP contribution in [0.3, 0.4) is 0 Å². The number of nitrogens with zero attached hydrogens (tertiary/aromatic N) is 2. The summed E-state index contributed by atoms with van der Waals surface area (Å²) in [5.41, 5.74) is 1.76. The summed E-state index contributed by atoms with van der Waals surface area (Å²) >= 11 is 0. The second-order valence-electron chi connectivity index (χ2n) is 6.82. The van der Waals surface area contributed by atoms with Gasteiger partial charge in [0.1, 0.15) is 0 Å². The van der Waals surface area contributed by atoms with Gasteiger partial charge in [-0.3, -0.25) is 14.9 Å². The molecule has 1 aliphatic rings. The molecule has 0 saturated carbocycles. The van der Waals surface area contributed by atoms with E-state index in [0.717, 1.165) is 31.9 Å². The summed E-state index contributed by atoms with van der Waals surface area (Å²) in [6.07, 6.45) is 0. The Morgan fingerprint density at radius 1 is 1.21 bits per heavy atom. The SMILES string of the molecule is CCOc1ccc(C(=O)Nc2ccc(N3CC[NH+](C)CC3)cc2)cc1[N+](=O)[O-]. The summed E-state index contributed by atoms with van der Waals surface area (Å²) in [6, 6.07) is 11.9. The molecule has 0 atom stereocenters. The number of rotatable bonds is 6. The maximum atomic E-state index is 12.5. The van der Waals surface area contributed by atoms with Crippen LogP contribution in [0.25, 0.3) is 0 Å². The number of likely N-dealkylation sites (N-methyl/N-ethyl adjacent to an activating group) is 1. The van der Waals surface area contributed by atoms with Gasteiger partial charge in [-0.05, 0) is 43.3 Å². The van der Waals surface area contributed by atoms with Crippen molar-refractivity contribution in [3.63, 3.8) is 0 Å². The molecule has 2 aromatic carbocycles. The molecule has 3 rings (SSSR count). The van der Waals surface area contributed by atoms with E-state index in [0.29, 0.717) is 12.3 Å². The van der Waals surface area contributed by atoms with Crippen molar-refractivity contribution in [1.29, 1.82) is 0 Å². The van der Waals surface area contributed by atoms with Crippen LogP contribution in [-0.2, 0) is 0 Å². The highest BCUT2D eigenvalue weighted by Crippen LogP contribution is 2.28. The number of carbonyl (C=O) groups is 1. The van der Waals surface area contributed by atoms with E-state index in [1.807, 2.05) is 24.3 Å². The van der Waals surface area contributed by atoms with E-state index in [1.165, 1.54) is 23.1 Å². The van der Waals surface area contributed by atoms with Gasteiger partial charge in [-0.15, -0.1) is 0 Å². The van der Waals surface area contributed by atoms with Crippen molar-refractivity contribution in [3.8, 4) is 5.75 Å². The highest BCUT2D eigenvalue weighted by atomic mass is 16.6. The molecule has 8 heteroatoms. The molecule has 0 aliphatic carbocycles. The molecular formula is C20H25N4O4+. The fourth-order valence-electron chi connectivity index (χ4n) is 3.18. The van der Waals surface area contributed by atoms with Gasteiger partial charge in [0.25, 0.3) is 5.91 Å². The Morgan fingerprint density at radius 3 is 2.50 bits per heavy atom. The Labute approximate surface area is 163 Å². The van der Waals surface area contributed by atoms with Gasteiger partial charge in [-0.2, -0.15) is 0 Å². The zero-order valence-electron chi connectivity index (χ0n) is 16.1. The van der Waals surface area contributed by atoms with Crippen molar-refractivity contribution in [2.45, 2.75) is 6.92 Å². The molecule has 1 aliphatic heterocycles. The molecule has 0 unspecified atom stereocenters. The average molecular weight is 385 g/mol. The van der Waals surface area contributed by atoms with Crippen LogP contribution in [0.5, 0.6) is 5.75 Å². The van der Waals surface area contributed by atoms with E-state index in [9.17, 15) is 14.9 Å². The van der Waals surface area contributed by atoms with Crippen molar-refractivity contribution in [2.24, 2.45) is 0 Å². The molecule has 1 amide bonds. The van der Waals surface area contributed by atoms with E-state index in [-0.39, 0.29) is 17.0 Å². The Morgan fingerprint density at radius 2 is 1.89 bits per heavy atom. The zero-order chi connectivity index (χ0) is 20.1. The molecule has 0 radical (unpaired) electrons. The summed E-state index contributed by atoms with van der Waals surface area (Å²) < 4.78 is 5.25. The monoisotopic (exact) mass is 385 g/mol. The van der Waals surface area contributed by atoms with Crippen LogP contribution < -0.4 is 19.9 Å². The molecule has 8 nitrogen and oxygen atoms in total. The third kappa shape index (κ3) is 4.58. The quantitative estimate of drug-likeness (QED) is 0.582. The van der Waals surface area contributed by atoms with Crippen LogP contribution >= 0.6 is 0 Å². The van der Waals surface area contributed by atoms with E-state index in [1.54, 1.807) is 6.92 Å². The number of anilines is 2. The standard InChI is InChI=1S/C20H24N4O4/c1-3-28-19-9-4-15(14-18(19)24(26)27)20(25)21-16-5-7-17(8-6-16)23-12-10-22(2)11-13-23/h4-9,14H,3,10-13H2,1-2H3,(H,21,25)/p+1. The molecule has 0 bridgehead atoms. The molecule has 0 spiro atoms. The number of amides is 1. The van der Waals surface area contributed by atoms with Crippen LogP contribution in [0.1, 0.15) is 17.3 Å². The van der Waals surface area contributed by atoms with Gasteiger partial charge in [-0.25, -0.2) is 0 Å².